The molecule has 1 aromatic rings. The average molecular weight is 288 g/mol. The molecule has 3 rings (SSSR count). The summed E-state index contributed by atoms with van der Waals surface area (Å²) in [6, 6.07) is 10.8. The number of benzene rings is 1. The smallest absolute Gasteiger partial charge is 0.221 e. The van der Waals surface area contributed by atoms with Crippen molar-refractivity contribution in [1.29, 1.82) is 0 Å². The molecule has 0 unspecified atom stereocenters. The Morgan fingerprint density at radius 3 is 2.76 bits per heavy atom. The Balaban J connectivity index is 1.51. The highest BCUT2D eigenvalue weighted by molar-refractivity contribution is 5.76. The second-order valence-electron chi connectivity index (χ2n) is 6.20. The van der Waals surface area contributed by atoms with Gasteiger partial charge in [-0.25, -0.2) is 0 Å². The van der Waals surface area contributed by atoms with Crippen molar-refractivity contribution in [3.05, 3.63) is 35.9 Å². The van der Waals surface area contributed by atoms with Crippen LogP contribution in [0.25, 0.3) is 0 Å². The first kappa shape index (κ1) is 14.5. The standard InChI is InChI=1S/C17H24N2O2/c1-13-11-19(10-9-17(20)18-15-7-8-15)12-16(21-13)14-5-3-2-4-6-14/h2-6,13,15-16H,7-12H2,1H3,(H,18,20)/t13-,16+/m1/s1. The predicted octanol–water partition coefficient (Wildman–Crippen LogP) is 2.12. The number of rotatable bonds is 5. The number of hydrogen-bond acceptors (Lipinski definition) is 3. The van der Waals surface area contributed by atoms with Gasteiger partial charge in [-0.15, -0.1) is 0 Å². The number of nitrogens with one attached hydrogen (secondary N) is 1. The Kier molecular flexibility index (Phi) is 4.56. The van der Waals surface area contributed by atoms with E-state index in [9.17, 15) is 4.79 Å². The number of hydrogen-bond donors (Lipinski definition) is 1. The number of morpholine rings is 1. The van der Waals surface area contributed by atoms with Crippen molar-refractivity contribution in [1.82, 2.24) is 10.2 Å². The maximum atomic E-state index is 11.8. The van der Waals surface area contributed by atoms with E-state index in [1.165, 1.54) is 5.56 Å². The third-order valence-corrected chi connectivity index (χ3v) is 4.10. The van der Waals surface area contributed by atoms with Crippen LogP contribution in [0.4, 0.5) is 0 Å². The molecule has 4 nitrogen and oxygen atoms in total. The van der Waals surface area contributed by atoms with E-state index in [4.69, 9.17) is 4.74 Å². The fraction of sp³-hybridized carbons (Fsp3) is 0.588. The van der Waals surface area contributed by atoms with Gasteiger partial charge in [0.1, 0.15) is 0 Å². The fourth-order valence-electron chi connectivity index (χ4n) is 2.86. The fourth-order valence-corrected chi connectivity index (χ4v) is 2.86. The van der Waals surface area contributed by atoms with E-state index in [0.717, 1.165) is 32.5 Å². The molecule has 0 bridgehead atoms. The molecule has 2 aliphatic rings. The Morgan fingerprint density at radius 2 is 2.05 bits per heavy atom. The van der Waals surface area contributed by atoms with Crippen LogP contribution in [0, 0.1) is 0 Å². The lowest BCUT2D eigenvalue weighted by Gasteiger charge is -2.37. The minimum Gasteiger partial charge on any atom is -0.368 e. The summed E-state index contributed by atoms with van der Waals surface area (Å²) in [7, 11) is 0. The van der Waals surface area contributed by atoms with Gasteiger partial charge in [-0.2, -0.15) is 0 Å². The van der Waals surface area contributed by atoms with E-state index in [0.29, 0.717) is 12.5 Å². The van der Waals surface area contributed by atoms with Crippen molar-refractivity contribution in [2.75, 3.05) is 19.6 Å². The maximum absolute atomic E-state index is 11.8. The summed E-state index contributed by atoms with van der Waals surface area (Å²) in [5.41, 5.74) is 1.22. The lowest BCUT2D eigenvalue weighted by Crippen LogP contribution is -2.44. The molecule has 2 fully saturated rings. The van der Waals surface area contributed by atoms with E-state index in [2.05, 4.69) is 29.3 Å². The molecule has 0 aromatic heterocycles. The van der Waals surface area contributed by atoms with Crippen LogP contribution in [0.1, 0.15) is 37.9 Å². The summed E-state index contributed by atoms with van der Waals surface area (Å²) in [6.45, 7) is 4.69. The summed E-state index contributed by atoms with van der Waals surface area (Å²) < 4.78 is 6.04. The van der Waals surface area contributed by atoms with Crippen molar-refractivity contribution < 1.29 is 9.53 Å². The first-order chi connectivity index (χ1) is 10.2. The quantitative estimate of drug-likeness (QED) is 0.902. The van der Waals surface area contributed by atoms with Gasteiger partial charge in [0.15, 0.2) is 0 Å². The van der Waals surface area contributed by atoms with Crippen molar-refractivity contribution in [2.45, 2.75) is 44.4 Å². The molecular weight excluding hydrogens is 264 g/mol. The molecule has 1 saturated heterocycles. The van der Waals surface area contributed by atoms with Gasteiger partial charge in [-0.1, -0.05) is 30.3 Å². The van der Waals surface area contributed by atoms with Gasteiger partial charge in [-0.3, -0.25) is 9.69 Å². The van der Waals surface area contributed by atoms with E-state index in [-0.39, 0.29) is 18.1 Å². The van der Waals surface area contributed by atoms with Gasteiger partial charge in [0.05, 0.1) is 12.2 Å². The largest absolute Gasteiger partial charge is 0.368 e. The molecule has 1 N–H and O–H groups in total. The van der Waals surface area contributed by atoms with Gasteiger partial charge in [0.25, 0.3) is 0 Å². The maximum Gasteiger partial charge on any atom is 0.221 e. The number of carbonyl (C=O) groups is 1. The minimum atomic E-state index is 0.112. The van der Waals surface area contributed by atoms with Gasteiger partial charge < -0.3 is 10.1 Å². The van der Waals surface area contributed by atoms with Gasteiger partial charge in [-0.05, 0) is 25.3 Å². The third-order valence-electron chi connectivity index (χ3n) is 4.10. The first-order valence-electron chi connectivity index (χ1n) is 7.93. The van der Waals surface area contributed by atoms with Gasteiger partial charge in [0.2, 0.25) is 5.91 Å². The molecule has 0 spiro atoms. The summed E-state index contributed by atoms with van der Waals surface area (Å²) in [5.74, 6) is 0.188. The molecular formula is C17H24N2O2. The van der Waals surface area contributed by atoms with Crippen LogP contribution in [0.2, 0.25) is 0 Å². The van der Waals surface area contributed by atoms with Gasteiger partial charge in [0, 0.05) is 32.1 Å². The van der Waals surface area contributed by atoms with Crippen molar-refractivity contribution >= 4 is 5.91 Å². The zero-order chi connectivity index (χ0) is 14.7. The van der Waals surface area contributed by atoms with E-state index in [1.54, 1.807) is 0 Å². The number of amides is 1. The summed E-state index contributed by atoms with van der Waals surface area (Å²) >= 11 is 0. The van der Waals surface area contributed by atoms with Crippen molar-refractivity contribution in [2.24, 2.45) is 0 Å². The number of nitrogens with zero attached hydrogens (tertiary/aromatic N) is 1. The average Bonchev–Trinajstić information content (AvgIpc) is 3.29. The highest BCUT2D eigenvalue weighted by Gasteiger charge is 2.27. The van der Waals surface area contributed by atoms with Crippen LogP contribution in [0.3, 0.4) is 0 Å². The second-order valence-corrected chi connectivity index (χ2v) is 6.20. The molecule has 114 valence electrons. The lowest BCUT2D eigenvalue weighted by molar-refractivity contribution is -0.122. The summed E-state index contributed by atoms with van der Waals surface area (Å²) in [4.78, 5) is 14.1. The molecule has 21 heavy (non-hydrogen) atoms. The molecule has 1 heterocycles. The molecule has 1 aliphatic carbocycles. The zero-order valence-electron chi connectivity index (χ0n) is 12.6. The van der Waals surface area contributed by atoms with E-state index >= 15 is 0 Å². The number of ether oxygens (including phenoxy) is 1. The van der Waals surface area contributed by atoms with Crippen LogP contribution in [-0.2, 0) is 9.53 Å². The molecule has 1 saturated carbocycles. The van der Waals surface area contributed by atoms with E-state index in [1.807, 2.05) is 18.2 Å². The first-order valence-corrected chi connectivity index (χ1v) is 7.93. The van der Waals surface area contributed by atoms with Crippen LogP contribution in [-0.4, -0.2) is 42.6 Å². The Hall–Kier alpha value is -1.39. The minimum absolute atomic E-state index is 0.112. The lowest BCUT2D eigenvalue weighted by atomic mass is 10.1. The molecule has 0 radical (unpaired) electrons. The van der Waals surface area contributed by atoms with Crippen molar-refractivity contribution in [3.8, 4) is 0 Å². The topological polar surface area (TPSA) is 41.6 Å². The monoisotopic (exact) mass is 288 g/mol. The highest BCUT2D eigenvalue weighted by atomic mass is 16.5. The Labute approximate surface area is 126 Å². The van der Waals surface area contributed by atoms with E-state index < -0.39 is 0 Å². The summed E-state index contributed by atoms with van der Waals surface area (Å²) in [5, 5.41) is 3.05. The van der Waals surface area contributed by atoms with Crippen LogP contribution in [0.15, 0.2) is 30.3 Å². The second kappa shape index (κ2) is 6.58. The molecule has 2 atom stereocenters. The Morgan fingerprint density at radius 1 is 1.29 bits per heavy atom. The van der Waals surface area contributed by atoms with Gasteiger partial charge >= 0.3 is 0 Å². The van der Waals surface area contributed by atoms with Crippen LogP contribution in [0.5, 0.6) is 0 Å². The SMILES string of the molecule is C[C@@H]1CN(CCC(=O)NC2CC2)C[C@@H](c2ccccc2)O1. The predicted molar refractivity (Wildman–Crippen MR) is 82.0 cm³/mol. The van der Waals surface area contributed by atoms with Crippen molar-refractivity contribution in [3.63, 3.8) is 0 Å². The Bertz CT molecular complexity index is 473. The number of carbonyl (C=O) groups excluding carboxylic acids is 1. The molecule has 1 aliphatic heterocycles. The molecule has 1 aromatic carbocycles. The highest BCUT2D eigenvalue weighted by Crippen LogP contribution is 2.25. The normalized spacial score (nSPS) is 26.5. The molecule has 4 heteroatoms. The third kappa shape index (κ3) is 4.29. The molecule has 1 amide bonds. The zero-order valence-corrected chi connectivity index (χ0v) is 12.6. The van der Waals surface area contributed by atoms with Crippen LogP contribution >= 0.6 is 0 Å². The summed E-state index contributed by atoms with van der Waals surface area (Å²) in [6.07, 6.45) is 3.20. The van der Waals surface area contributed by atoms with Crippen LogP contribution < -0.4 is 5.32 Å².